The van der Waals surface area contributed by atoms with Crippen molar-refractivity contribution in [1.29, 1.82) is 0 Å². The fourth-order valence-corrected chi connectivity index (χ4v) is 7.83. The molecule has 2 bridgehead atoms. The van der Waals surface area contributed by atoms with E-state index in [9.17, 15) is 29.3 Å². The van der Waals surface area contributed by atoms with Crippen LogP contribution < -0.4 is 4.90 Å². The van der Waals surface area contributed by atoms with Gasteiger partial charge in [-0.15, -0.1) is 23.2 Å². The van der Waals surface area contributed by atoms with Gasteiger partial charge < -0.3 is 4.74 Å². The third kappa shape index (κ3) is 3.72. The Balaban J connectivity index is 1.14. The van der Waals surface area contributed by atoms with Crippen LogP contribution in [0.2, 0.25) is 0 Å². The Morgan fingerprint density at radius 2 is 1.16 bits per heavy atom. The molecule has 1 fully saturated rings. The first-order valence-electron chi connectivity index (χ1n) is 13.6. The molecule has 0 aromatic heterocycles. The van der Waals surface area contributed by atoms with Crippen LogP contribution in [0.5, 0.6) is 0 Å². The predicted octanol–water partition coefficient (Wildman–Crippen LogP) is 5.73. The normalized spacial score (nSPS) is 24.4. The van der Waals surface area contributed by atoms with Crippen molar-refractivity contribution in [3.05, 3.63) is 141 Å². The summed E-state index contributed by atoms with van der Waals surface area (Å²) in [5.41, 5.74) is 3.09. The monoisotopic (exact) mass is 626 g/mol. The summed E-state index contributed by atoms with van der Waals surface area (Å²) in [4.78, 5) is 62.0. The number of nitro benzene ring substituents is 1. The number of nitro groups is 1. The minimum Gasteiger partial charge on any atom is -0.454 e. The second kappa shape index (κ2) is 9.83. The first-order valence-corrected chi connectivity index (χ1v) is 14.3. The number of carbonyl (C=O) groups is 4. The predicted molar refractivity (Wildman–Crippen MR) is 160 cm³/mol. The quantitative estimate of drug-likeness (QED) is 0.0668. The Labute approximate surface area is 260 Å². The summed E-state index contributed by atoms with van der Waals surface area (Å²) in [6, 6.07) is 25.3. The lowest BCUT2D eigenvalue weighted by atomic mass is 9.54. The fraction of sp³-hybridized carbons (Fsp3) is 0.152. The van der Waals surface area contributed by atoms with Crippen LogP contribution in [-0.4, -0.2) is 35.1 Å². The summed E-state index contributed by atoms with van der Waals surface area (Å²) in [7, 11) is 0. The molecule has 2 amide bonds. The molecule has 9 nitrogen and oxygen atoms in total. The van der Waals surface area contributed by atoms with E-state index in [4.69, 9.17) is 27.9 Å². The van der Waals surface area contributed by atoms with Gasteiger partial charge in [-0.3, -0.25) is 24.5 Å². The molecule has 0 N–H and O–H groups in total. The fourth-order valence-electron chi connectivity index (χ4n) is 6.73. The maximum Gasteiger partial charge on any atom is 0.338 e. The van der Waals surface area contributed by atoms with Crippen LogP contribution >= 0.6 is 23.2 Å². The van der Waals surface area contributed by atoms with Crippen molar-refractivity contribution in [2.24, 2.45) is 11.8 Å². The van der Waals surface area contributed by atoms with Gasteiger partial charge in [0.05, 0.1) is 28.0 Å². The number of alkyl halides is 2. The number of ketones is 1. The first kappa shape index (κ1) is 27.9. The number of non-ortho nitro benzene ring substituents is 1. The van der Waals surface area contributed by atoms with Crippen LogP contribution in [0.15, 0.2) is 97.1 Å². The smallest absolute Gasteiger partial charge is 0.338 e. The molecule has 4 aliphatic rings. The average molecular weight is 627 g/mol. The molecule has 0 saturated carbocycles. The van der Waals surface area contributed by atoms with Crippen molar-refractivity contribution < 1.29 is 28.8 Å². The van der Waals surface area contributed by atoms with Crippen molar-refractivity contribution in [2.45, 2.75) is 9.75 Å². The lowest BCUT2D eigenvalue weighted by Gasteiger charge is -2.54. The standard InChI is InChI=1S/C33H20Cl2N2O7/c34-32-22-5-1-2-6-23(22)33(35,25-8-4-3-7-24(25)32)28-27(32)29(39)36(30(28)40)20-13-11-19(12-14-20)31(41)44-17-26(38)18-9-15-21(16-10-18)37(42)43/h1-16,27-28H,17H2/t27-,28+,32?,33?. The number of halogens is 2. The molecule has 1 aliphatic heterocycles. The Kier molecular flexibility index (Phi) is 6.25. The van der Waals surface area contributed by atoms with E-state index >= 15 is 0 Å². The molecule has 2 atom stereocenters. The van der Waals surface area contributed by atoms with Crippen LogP contribution in [0.3, 0.4) is 0 Å². The average Bonchev–Trinajstić information content (AvgIpc) is 3.33. The molecule has 0 radical (unpaired) electrons. The molecular weight excluding hydrogens is 607 g/mol. The van der Waals surface area contributed by atoms with Crippen molar-refractivity contribution in [3.63, 3.8) is 0 Å². The van der Waals surface area contributed by atoms with Gasteiger partial charge in [0.25, 0.3) is 5.69 Å². The van der Waals surface area contributed by atoms with Gasteiger partial charge in [-0.1, -0.05) is 48.5 Å². The van der Waals surface area contributed by atoms with Crippen molar-refractivity contribution in [1.82, 2.24) is 0 Å². The number of benzene rings is 4. The lowest BCUT2D eigenvalue weighted by molar-refractivity contribution is -0.384. The third-order valence-electron chi connectivity index (χ3n) is 8.68. The summed E-state index contributed by atoms with van der Waals surface area (Å²) >= 11 is 14.9. The van der Waals surface area contributed by atoms with E-state index in [2.05, 4.69) is 0 Å². The van der Waals surface area contributed by atoms with E-state index in [-0.39, 0.29) is 22.5 Å². The molecule has 3 aliphatic carbocycles. The number of amides is 2. The summed E-state index contributed by atoms with van der Waals surface area (Å²) in [6.45, 7) is -0.582. The summed E-state index contributed by atoms with van der Waals surface area (Å²) < 4.78 is 5.14. The highest BCUT2D eigenvalue weighted by Gasteiger charge is 2.73. The zero-order chi connectivity index (χ0) is 31.0. The van der Waals surface area contributed by atoms with Crippen molar-refractivity contribution in [2.75, 3.05) is 11.5 Å². The highest BCUT2D eigenvalue weighted by molar-refractivity contribution is 6.38. The van der Waals surface area contributed by atoms with E-state index in [0.717, 1.165) is 4.90 Å². The zero-order valence-corrected chi connectivity index (χ0v) is 24.1. The van der Waals surface area contributed by atoms with Gasteiger partial charge >= 0.3 is 5.97 Å². The Morgan fingerprint density at radius 3 is 1.59 bits per heavy atom. The number of carbonyl (C=O) groups excluding carboxylic acids is 4. The molecule has 0 spiro atoms. The Hall–Kier alpha value is -4.86. The second-order valence-corrected chi connectivity index (χ2v) is 12.0. The van der Waals surface area contributed by atoms with Crippen LogP contribution in [0.4, 0.5) is 11.4 Å². The number of imide groups is 1. The first-order chi connectivity index (χ1) is 21.1. The van der Waals surface area contributed by atoms with E-state index < -0.39 is 56.7 Å². The van der Waals surface area contributed by atoms with Gasteiger partial charge in [-0.05, 0) is 58.7 Å². The number of Topliss-reactive ketones (excluding diaryl/α,β-unsaturated/α-hetero) is 1. The number of nitrogens with zero attached hydrogens (tertiary/aromatic N) is 2. The van der Waals surface area contributed by atoms with Gasteiger partial charge in [0.15, 0.2) is 12.4 Å². The highest BCUT2D eigenvalue weighted by atomic mass is 35.5. The molecule has 44 heavy (non-hydrogen) atoms. The van der Waals surface area contributed by atoms with Crippen LogP contribution in [0.25, 0.3) is 0 Å². The molecule has 4 aromatic carbocycles. The third-order valence-corrected chi connectivity index (χ3v) is 9.97. The van der Waals surface area contributed by atoms with E-state index in [1.807, 2.05) is 48.5 Å². The van der Waals surface area contributed by atoms with Gasteiger partial charge in [0.1, 0.15) is 9.75 Å². The summed E-state index contributed by atoms with van der Waals surface area (Å²) in [5.74, 6) is -4.26. The van der Waals surface area contributed by atoms with Crippen LogP contribution in [0.1, 0.15) is 43.0 Å². The number of hydrogen-bond acceptors (Lipinski definition) is 7. The van der Waals surface area contributed by atoms with Crippen molar-refractivity contribution in [3.8, 4) is 0 Å². The minimum atomic E-state index is -1.31. The van der Waals surface area contributed by atoms with Gasteiger partial charge in [-0.2, -0.15) is 0 Å². The molecule has 1 heterocycles. The topological polar surface area (TPSA) is 124 Å². The van der Waals surface area contributed by atoms with Gasteiger partial charge in [0, 0.05) is 17.7 Å². The van der Waals surface area contributed by atoms with E-state index in [0.29, 0.717) is 22.3 Å². The number of hydrogen-bond donors (Lipinski definition) is 0. The molecule has 1 saturated heterocycles. The minimum absolute atomic E-state index is 0.0873. The van der Waals surface area contributed by atoms with Gasteiger partial charge in [-0.25, -0.2) is 9.69 Å². The molecule has 0 unspecified atom stereocenters. The summed E-state index contributed by atoms with van der Waals surface area (Å²) in [6.07, 6.45) is 0. The maximum atomic E-state index is 14.1. The highest BCUT2D eigenvalue weighted by Crippen LogP contribution is 2.69. The molecule has 218 valence electrons. The number of anilines is 1. The number of esters is 1. The second-order valence-electron chi connectivity index (χ2n) is 10.8. The van der Waals surface area contributed by atoms with Crippen molar-refractivity contribution >= 4 is 58.1 Å². The Bertz CT molecular complexity index is 1800. The molecule has 11 heteroatoms. The molecule has 4 aromatic rings. The zero-order valence-electron chi connectivity index (χ0n) is 22.6. The van der Waals surface area contributed by atoms with Crippen LogP contribution in [0, 0.1) is 22.0 Å². The number of ether oxygens (including phenoxy) is 1. The SMILES string of the molecule is O=C(COC(=O)c1ccc(N2C(=O)[C@@H]3[C@H](C2=O)C2(Cl)c4ccccc4C3(Cl)c3ccccc32)cc1)c1ccc([N+](=O)[O-])cc1. The van der Waals surface area contributed by atoms with Gasteiger partial charge in [0.2, 0.25) is 11.8 Å². The Morgan fingerprint density at radius 1 is 0.727 bits per heavy atom. The van der Waals surface area contributed by atoms with E-state index in [1.54, 1.807) is 0 Å². The lowest BCUT2D eigenvalue weighted by Crippen LogP contribution is -2.57. The number of rotatable bonds is 6. The largest absolute Gasteiger partial charge is 0.454 e. The molecular formula is C33H20Cl2N2O7. The molecule has 8 rings (SSSR count). The maximum absolute atomic E-state index is 14.1. The van der Waals surface area contributed by atoms with Crippen LogP contribution in [-0.2, 0) is 24.1 Å². The summed E-state index contributed by atoms with van der Waals surface area (Å²) in [5, 5.41) is 10.8. The van der Waals surface area contributed by atoms with E-state index in [1.165, 1.54) is 48.5 Å².